The number of hydrogen-bond donors (Lipinski definition) is 1. The number of carbonyl (C=O) groups excluding carboxylic acids is 2. The molecule has 1 amide bonds. The number of nitrogens with zero attached hydrogens (tertiary/aromatic N) is 4. The minimum Gasteiger partial charge on any atom is -0.462 e. The Labute approximate surface area is 181 Å². The summed E-state index contributed by atoms with van der Waals surface area (Å²) < 4.78 is 7.28. The first-order chi connectivity index (χ1) is 14.5. The number of nitrogens with one attached hydrogen (secondary N) is 1. The lowest BCUT2D eigenvalue weighted by molar-refractivity contribution is 0.0524. The van der Waals surface area contributed by atoms with Crippen molar-refractivity contribution >= 4 is 23.6 Å². The molecule has 0 atom stereocenters. The minimum atomic E-state index is -0.426. The van der Waals surface area contributed by atoms with Gasteiger partial charge in [-0.1, -0.05) is 24.6 Å². The fourth-order valence-corrected chi connectivity index (χ4v) is 4.37. The fraction of sp³-hybridized carbons (Fsp3) is 0.571. The molecule has 1 fully saturated rings. The Morgan fingerprint density at radius 3 is 2.70 bits per heavy atom. The van der Waals surface area contributed by atoms with Crippen molar-refractivity contribution in [1.29, 1.82) is 0 Å². The second-order valence-electron chi connectivity index (χ2n) is 7.32. The van der Waals surface area contributed by atoms with E-state index in [9.17, 15) is 9.59 Å². The van der Waals surface area contributed by atoms with Crippen molar-refractivity contribution in [2.75, 3.05) is 19.4 Å². The second kappa shape index (κ2) is 10.6. The van der Waals surface area contributed by atoms with Crippen molar-refractivity contribution < 1.29 is 14.3 Å². The standard InChI is InChI=1S/C21H29N5O3S/c1-4-29-20(28)16-11-12-17(23-14(16)2)19(27)22-13-7-10-18-24-25-21(30-3)26(18)15-8-5-6-9-15/h11-12,15H,4-10,13H2,1-3H3,(H,22,27). The molecule has 2 aromatic heterocycles. The minimum absolute atomic E-state index is 0.254. The van der Waals surface area contributed by atoms with Gasteiger partial charge >= 0.3 is 5.97 Å². The van der Waals surface area contributed by atoms with E-state index in [-0.39, 0.29) is 5.91 Å². The van der Waals surface area contributed by atoms with Crippen molar-refractivity contribution in [1.82, 2.24) is 25.1 Å². The van der Waals surface area contributed by atoms with Crippen LogP contribution in [0.1, 0.15) is 77.4 Å². The summed E-state index contributed by atoms with van der Waals surface area (Å²) in [6.45, 7) is 4.27. The van der Waals surface area contributed by atoms with Crippen LogP contribution in [-0.2, 0) is 11.2 Å². The Morgan fingerprint density at radius 1 is 1.27 bits per heavy atom. The molecule has 8 nitrogen and oxygen atoms in total. The first-order valence-corrected chi connectivity index (χ1v) is 11.7. The Hall–Kier alpha value is -2.42. The number of ether oxygens (including phenoxy) is 1. The Morgan fingerprint density at radius 2 is 2.03 bits per heavy atom. The molecule has 0 radical (unpaired) electrons. The van der Waals surface area contributed by atoms with Crippen LogP contribution in [0, 0.1) is 6.92 Å². The lowest BCUT2D eigenvalue weighted by Crippen LogP contribution is -2.26. The highest BCUT2D eigenvalue weighted by molar-refractivity contribution is 7.98. The first kappa shape index (κ1) is 22.3. The zero-order valence-corrected chi connectivity index (χ0v) is 18.6. The predicted octanol–water partition coefficient (Wildman–Crippen LogP) is 3.36. The number of esters is 1. The molecule has 0 saturated heterocycles. The molecular weight excluding hydrogens is 402 g/mol. The summed E-state index contributed by atoms with van der Waals surface area (Å²) in [5, 5.41) is 12.6. The first-order valence-electron chi connectivity index (χ1n) is 10.5. The van der Waals surface area contributed by atoms with Crippen LogP contribution < -0.4 is 5.32 Å². The summed E-state index contributed by atoms with van der Waals surface area (Å²) in [6, 6.07) is 3.64. The van der Waals surface area contributed by atoms with Gasteiger partial charge in [-0.25, -0.2) is 9.78 Å². The third-order valence-corrected chi connectivity index (χ3v) is 5.93. The number of aryl methyl sites for hydroxylation is 2. The molecule has 0 bridgehead atoms. The van der Waals surface area contributed by atoms with Gasteiger partial charge in [-0.3, -0.25) is 4.79 Å². The Balaban J connectivity index is 1.54. The molecule has 3 rings (SSSR count). The topological polar surface area (TPSA) is 99.0 Å². The van der Waals surface area contributed by atoms with Gasteiger partial charge < -0.3 is 14.6 Å². The quantitative estimate of drug-likeness (QED) is 0.369. The van der Waals surface area contributed by atoms with Crippen LogP contribution in [0.4, 0.5) is 0 Å². The van der Waals surface area contributed by atoms with Gasteiger partial charge in [0, 0.05) is 19.0 Å². The number of thioether (sulfide) groups is 1. The fourth-order valence-electron chi connectivity index (χ4n) is 3.80. The predicted molar refractivity (Wildman–Crippen MR) is 115 cm³/mol. The molecule has 1 aliphatic rings. The Bertz CT molecular complexity index is 893. The summed E-state index contributed by atoms with van der Waals surface area (Å²) in [5.74, 6) is 0.314. The number of carbonyl (C=O) groups is 2. The highest BCUT2D eigenvalue weighted by Gasteiger charge is 2.23. The van der Waals surface area contributed by atoms with Crippen LogP contribution in [0.2, 0.25) is 0 Å². The molecule has 0 unspecified atom stereocenters. The summed E-state index contributed by atoms with van der Waals surface area (Å²) in [4.78, 5) is 28.5. The molecule has 1 saturated carbocycles. The molecule has 2 heterocycles. The van der Waals surface area contributed by atoms with E-state index in [1.54, 1.807) is 37.7 Å². The van der Waals surface area contributed by atoms with E-state index >= 15 is 0 Å². The van der Waals surface area contributed by atoms with E-state index in [0.29, 0.717) is 36.1 Å². The molecule has 1 N–H and O–H groups in total. The van der Waals surface area contributed by atoms with E-state index in [1.165, 1.54) is 25.7 Å². The maximum absolute atomic E-state index is 12.4. The van der Waals surface area contributed by atoms with Crippen molar-refractivity contribution in [2.24, 2.45) is 0 Å². The van der Waals surface area contributed by atoms with Gasteiger partial charge in [-0.05, 0) is 51.5 Å². The highest BCUT2D eigenvalue weighted by Crippen LogP contribution is 2.33. The van der Waals surface area contributed by atoms with Gasteiger partial charge in [0.05, 0.1) is 17.9 Å². The average molecular weight is 432 g/mol. The van der Waals surface area contributed by atoms with E-state index < -0.39 is 5.97 Å². The lowest BCUT2D eigenvalue weighted by Gasteiger charge is -2.16. The summed E-state index contributed by atoms with van der Waals surface area (Å²) in [6.07, 6.45) is 8.44. The largest absolute Gasteiger partial charge is 0.462 e. The van der Waals surface area contributed by atoms with Crippen LogP contribution in [0.15, 0.2) is 17.3 Å². The van der Waals surface area contributed by atoms with Gasteiger partial charge in [-0.15, -0.1) is 10.2 Å². The molecule has 162 valence electrons. The number of aromatic nitrogens is 4. The maximum atomic E-state index is 12.4. The van der Waals surface area contributed by atoms with E-state index in [0.717, 1.165) is 23.8 Å². The van der Waals surface area contributed by atoms with Crippen molar-refractivity contribution in [3.63, 3.8) is 0 Å². The zero-order valence-electron chi connectivity index (χ0n) is 17.8. The highest BCUT2D eigenvalue weighted by atomic mass is 32.2. The molecule has 0 spiro atoms. The van der Waals surface area contributed by atoms with Gasteiger partial charge in [0.15, 0.2) is 5.16 Å². The molecule has 0 aromatic carbocycles. The molecule has 1 aliphatic carbocycles. The van der Waals surface area contributed by atoms with Gasteiger partial charge in [0.1, 0.15) is 11.5 Å². The van der Waals surface area contributed by atoms with E-state index in [4.69, 9.17) is 4.74 Å². The third-order valence-electron chi connectivity index (χ3n) is 5.28. The zero-order chi connectivity index (χ0) is 21.5. The summed E-state index contributed by atoms with van der Waals surface area (Å²) >= 11 is 1.63. The number of amides is 1. The number of rotatable bonds is 9. The van der Waals surface area contributed by atoms with E-state index in [1.807, 2.05) is 6.26 Å². The monoisotopic (exact) mass is 431 g/mol. The third kappa shape index (κ3) is 5.19. The van der Waals surface area contributed by atoms with Crippen LogP contribution in [0.3, 0.4) is 0 Å². The van der Waals surface area contributed by atoms with Gasteiger partial charge in [-0.2, -0.15) is 0 Å². The van der Waals surface area contributed by atoms with Crippen molar-refractivity contribution in [2.45, 2.75) is 63.6 Å². The maximum Gasteiger partial charge on any atom is 0.339 e. The van der Waals surface area contributed by atoms with Gasteiger partial charge in [0.25, 0.3) is 5.91 Å². The van der Waals surface area contributed by atoms with Crippen molar-refractivity contribution in [3.05, 3.63) is 34.9 Å². The normalized spacial score (nSPS) is 14.1. The molecule has 2 aromatic rings. The SMILES string of the molecule is CCOC(=O)c1ccc(C(=O)NCCCc2nnc(SC)n2C2CCCC2)nc1C. The smallest absolute Gasteiger partial charge is 0.339 e. The van der Waals surface area contributed by atoms with Crippen molar-refractivity contribution in [3.8, 4) is 0 Å². The van der Waals surface area contributed by atoms with Crippen LogP contribution in [0.5, 0.6) is 0 Å². The number of pyridine rings is 1. The average Bonchev–Trinajstić information content (AvgIpc) is 3.40. The second-order valence-corrected chi connectivity index (χ2v) is 8.09. The van der Waals surface area contributed by atoms with Crippen LogP contribution >= 0.6 is 11.8 Å². The molecule has 0 aliphatic heterocycles. The molecule has 9 heteroatoms. The molecular formula is C21H29N5O3S. The molecule has 30 heavy (non-hydrogen) atoms. The van der Waals surface area contributed by atoms with E-state index in [2.05, 4.69) is 25.1 Å². The summed E-state index contributed by atoms with van der Waals surface area (Å²) in [5.41, 5.74) is 1.15. The van der Waals surface area contributed by atoms with Crippen LogP contribution in [-0.4, -0.2) is 51.0 Å². The summed E-state index contributed by atoms with van der Waals surface area (Å²) in [7, 11) is 0. The van der Waals surface area contributed by atoms with Crippen LogP contribution in [0.25, 0.3) is 0 Å². The Kier molecular flexibility index (Phi) is 7.84. The van der Waals surface area contributed by atoms with Gasteiger partial charge in [0.2, 0.25) is 0 Å². The lowest BCUT2D eigenvalue weighted by atomic mass is 10.2. The number of hydrogen-bond acceptors (Lipinski definition) is 7.